The van der Waals surface area contributed by atoms with Crippen molar-refractivity contribution in [1.82, 2.24) is 0 Å². The van der Waals surface area contributed by atoms with Gasteiger partial charge in [-0.1, -0.05) is 36.4 Å². The van der Waals surface area contributed by atoms with Crippen LogP contribution < -0.4 is 10.1 Å². The van der Waals surface area contributed by atoms with E-state index in [4.69, 9.17) is 27.9 Å². The van der Waals surface area contributed by atoms with Crippen LogP contribution >= 0.6 is 23.2 Å². The Kier molecular flexibility index (Phi) is 4.02. The van der Waals surface area contributed by atoms with Crippen LogP contribution in [-0.4, -0.2) is 17.4 Å². The van der Waals surface area contributed by atoms with Crippen molar-refractivity contribution in [2.75, 3.05) is 12.4 Å². The molecule has 1 fully saturated rings. The third-order valence-electron chi connectivity index (χ3n) is 3.83. The van der Waals surface area contributed by atoms with Gasteiger partial charge in [0.2, 0.25) is 5.91 Å². The lowest BCUT2D eigenvalue weighted by molar-refractivity contribution is -0.117. The first-order valence-corrected chi connectivity index (χ1v) is 7.67. The molecule has 1 N–H and O–H groups in total. The molecule has 114 valence electrons. The first kappa shape index (κ1) is 15.2. The molecular weight excluding hydrogens is 321 g/mol. The molecule has 0 aromatic heterocycles. The maximum Gasteiger partial charge on any atom is 0.231 e. The number of hydrogen-bond acceptors (Lipinski definition) is 2. The largest absolute Gasteiger partial charge is 0.497 e. The Morgan fingerprint density at radius 2 is 1.86 bits per heavy atom. The van der Waals surface area contributed by atoms with E-state index in [0.717, 1.165) is 5.56 Å². The molecule has 0 heterocycles. The summed E-state index contributed by atoms with van der Waals surface area (Å²) in [7, 11) is 1.58. The Morgan fingerprint density at radius 3 is 2.55 bits per heavy atom. The second kappa shape index (κ2) is 5.82. The summed E-state index contributed by atoms with van der Waals surface area (Å²) < 4.78 is 4.08. The van der Waals surface area contributed by atoms with Crippen LogP contribution in [0.3, 0.4) is 0 Å². The molecule has 2 aromatic carbocycles. The zero-order valence-corrected chi connectivity index (χ0v) is 13.4. The van der Waals surface area contributed by atoms with Crippen LogP contribution in [0.1, 0.15) is 11.5 Å². The molecule has 22 heavy (non-hydrogen) atoms. The highest BCUT2D eigenvalue weighted by molar-refractivity contribution is 6.53. The summed E-state index contributed by atoms with van der Waals surface area (Å²) >= 11 is 12.6. The van der Waals surface area contributed by atoms with E-state index >= 15 is 0 Å². The number of halogens is 2. The minimum atomic E-state index is -1.07. The maximum absolute atomic E-state index is 12.5. The molecule has 2 atom stereocenters. The molecule has 5 heteroatoms. The molecule has 0 aliphatic heterocycles. The second-order valence-corrected chi connectivity index (χ2v) is 6.71. The van der Waals surface area contributed by atoms with Crippen LogP contribution in [0.5, 0.6) is 5.75 Å². The van der Waals surface area contributed by atoms with Gasteiger partial charge in [-0.25, -0.2) is 0 Å². The highest BCUT2D eigenvalue weighted by Crippen LogP contribution is 2.65. The van der Waals surface area contributed by atoms with Crippen molar-refractivity contribution in [3.63, 3.8) is 0 Å². The van der Waals surface area contributed by atoms with E-state index < -0.39 is 10.3 Å². The molecular formula is C17H15Cl2NO2. The lowest BCUT2D eigenvalue weighted by Crippen LogP contribution is -2.17. The van der Waals surface area contributed by atoms with E-state index in [2.05, 4.69) is 5.32 Å². The van der Waals surface area contributed by atoms with Crippen molar-refractivity contribution in [3.8, 4) is 5.75 Å². The number of carbonyl (C=O) groups is 1. The Morgan fingerprint density at radius 1 is 1.14 bits per heavy atom. The minimum absolute atomic E-state index is 0.188. The fraction of sp³-hybridized carbons (Fsp3) is 0.235. The van der Waals surface area contributed by atoms with Gasteiger partial charge in [-0.3, -0.25) is 4.79 Å². The summed E-state index contributed by atoms with van der Waals surface area (Å²) in [5.74, 6) is -0.171. The standard InChI is InChI=1S/C17H15Cl2NO2/c1-22-13-9-5-8-12(10-13)20-16(21)15-14(17(15,18)19)11-6-3-2-4-7-11/h2-10,14-15H,1H3,(H,20,21)/t14-,15+/m0/s1. The number of benzene rings is 2. The van der Waals surface area contributed by atoms with E-state index in [1.807, 2.05) is 42.5 Å². The normalized spacial score (nSPS) is 22.0. The first-order chi connectivity index (χ1) is 10.5. The summed E-state index contributed by atoms with van der Waals surface area (Å²) in [6.45, 7) is 0. The number of carbonyl (C=O) groups excluding carboxylic acids is 1. The van der Waals surface area contributed by atoms with Crippen LogP contribution in [0.4, 0.5) is 5.69 Å². The molecule has 1 aliphatic carbocycles. The van der Waals surface area contributed by atoms with E-state index in [1.54, 1.807) is 19.2 Å². The second-order valence-electron chi connectivity index (χ2n) is 5.26. The molecule has 0 bridgehead atoms. The van der Waals surface area contributed by atoms with E-state index in [0.29, 0.717) is 11.4 Å². The number of nitrogens with one attached hydrogen (secondary N) is 1. The summed E-state index contributed by atoms with van der Waals surface area (Å²) in [4.78, 5) is 12.5. The van der Waals surface area contributed by atoms with Gasteiger partial charge in [-0.15, -0.1) is 23.2 Å². The third-order valence-corrected chi connectivity index (χ3v) is 4.77. The summed E-state index contributed by atoms with van der Waals surface area (Å²) in [5, 5.41) is 2.85. The molecule has 1 saturated carbocycles. The maximum atomic E-state index is 12.5. The lowest BCUT2D eigenvalue weighted by Gasteiger charge is -2.07. The van der Waals surface area contributed by atoms with Gasteiger partial charge in [-0.2, -0.15) is 0 Å². The van der Waals surface area contributed by atoms with Gasteiger partial charge in [-0.05, 0) is 17.7 Å². The number of ether oxygens (including phenoxy) is 1. The third kappa shape index (κ3) is 2.79. The molecule has 1 aliphatic rings. The summed E-state index contributed by atoms with van der Waals surface area (Å²) in [6.07, 6.45) is 0. The van der Waals surface area contributed by atoms with Crippen molar-refractivity contribution < 1.29 is 9.53 Å². The van der Waals surface area contributed by atoms with Crippen molar-refractivity contribution in [2.45, 2.75) is 10.3 Å². The molecule has 0 radical (unpaired) electrons. The lowest BCUT2D eigenvalue weighted by atomic mass is 10.1. The van der Waals surface area contributed by atoms with E-state index in [1.165, 1.54) is 0 Å². The fourth-order valence-electron chi connectivity index (χ4n) is 2.65. The predicted molar refractivity (Wildman–Crippen MR) is 88.7 cm³/mol. The smallest absolute Gasteiger partial charge is 0.231 e. The van der Waals surface area contributed by atoms with Crippen LogP contribution in [0.15, 0.2) is 54.6 Å². The van der Waals surface area contributed by atoms with Crippen molar-refractivity contribution in [2.24, 2.45) is 5.92 Å². The van der Waals surface area contributed by atoms with Crippen molar-refractivity contribution in [3.05, 3.63) is 60.2 Å². The highest BCUT2D eigenvalue weighted by atomic mass is 35.5. The predicted octanol–water partition coefficient (Wildman–Crippen LogP) is 4.22. The zero-order chi connectivity index (χ0) is 15.7. The van der Waals surface area contributed by atoms with Crippen LogP contribution in [0.2, 0.25) is 0 Å². The molecule has 0 spiro atoms. The van der Waals surface area contributed by atoms with E-state index in [9.17, 15) is 4.79 Å². The SMILES string of the molecule is COc1cccc(NC(=O)[C@H]2[C@H](c3ccccc3)C2(Cl)Cl)c1. The van der Waals surface area contributed by atoms with Gasteiger partial charge in [0.1, 0.15) is 10.1 Å². The molecule has 2 aromatic rings. The average molecular weight is 336 g/mol. The summed E-state index contributed by atoms with van der Waals surface area (Å²) in [5.41, 5.74) is 1.63. The van der Waals surface area contributed by atoms with Crippen molar-refractivity contribution >= 4 is 34.8 Å². The van der Waals surface area contributed by atoms with Gasteiger partial charge < -0.3 is 10.1 Å². The molecule has 0 unspecified atom stereocenters. The monoisotopic (exact) mass is 335 g/mol. The van der Waals surface area contributed by atoms with Crippen LogP contribution in [-0.2, 0) is 4.79 Å². The van der Waals surface area contributed by atoms with Gasteiger partial charge in [0.25, 0.3) is 0 Å². The minimum Gasteiger partial charge on any atom is -0.497 e. The van der Waals surface area contributed by atoms with Gasteiger partial charge in [0, 0.05) is 17.7 Å². The van der Waals surface area contributed by atoms with Crippen molar-refractivity contribution in [1.29, 1.82) is 0 Å². The average Bonchev–Trinajstić information content (AvgIpc) is 3.11. The van der Waals surface area contributed by atoms with Gasteiger partial charge in [0.15, 0.2) is 0 Å². The topological polar surface area (TPSA) is 38.3 Å². The Labute approximate surface area is 139 Å². The number of alkyl halides is 2. The van der Waals surface area contributed by atoms with Gasteiger partial charge >= 0.3 is 0 Å². The Balaban J connectivity index is 1.75. The first-order valence-electron chi connectivity index (χ1n) is 6.91. The fourth-order valence-corrected chi connectivity index (χ4v) is 3.48. The van der Waals surface area contributed by atoms with Crippen LogP contribution in [0.25, 0.3) is 0 Å². The molecule has 1 amide bonds. The van der Waals surface area contributed by atoms with E-state index in [-0.39, 0.29) is 11.8 Å². The number of hydrogen-bond donors (Lipinski definition) is 1. The molecule has 3 rings (SSSR count). The summed E-state index contributed by atoms with van der Waals surface area (Å²) in [6, 6.07) is 16.8. The highest BCUT2D eigenvalue weighted by Gasteiger charge is 2.67. The Hall–Kier alpha value is -1.71. The zero-order valence-electron chi connectivity index (χ0n) is 11.9. The van der Waals surface area contributed by atoms with Crippen LogP contribution in [0, 0.1) is 5.92 Å². The number of anilines is 1. The Bertz CT molecular complexity index is 688. The van der Waals surface area contributed by atoms with Gasteiger partial charge in [0.05, 0.1) is 13.0 Å². The molecule has 0 saturated heterocycles. The number of rotatable bonds is 4. The quantitative estimate of drug-likeness (QED) is 0.849. The number of methoxy groups -OCH3 is 1. The molecule has 3 nitrogen and oxygen atoms in total. The number of amides is 1.